The highest BCUT2D eigenvalue weighted by atomic mass is 16.6. The molecule has 2 aromatic rings. The van der Waals surface area contributed by atoms with E-state index in [0.717, 1.165) is 0 Å². The molecule has 8 nitrogen and oxygen atoms in total. The van der Waals surface area contributed by atoms with E-state index in [0.29, 0.717) is 48.9 Å². The first-order valence-electron chi connectivity index (χ1n) is 11.3. The molecule has 2 aliphatic rings. The summed E-state index contributed by atoms with van der Waals surface area (Å²) < 4.78 is 33.6. The van der Waals surface area contributed by atoms with Crippen LogP contribution in [0.2, 0.25) is 0 Å². The number of fused-ring (bicyclic) bond motifs is 1. The van der Waals surface area contributed by atoms with Gasteiger partial charge in [-0.2, -0.15) is 0 Å². The summed E-state index contributed by atoms with van der Waals surface area (Å²) in [4.78, 5) is 26.0. The van der Waals surface area contributed by atoms with Crippen molar-refractivity contribution in [2.45, 2.75) is 38.4 Å². The van der Waals surface area contributed by atoms with Gasteiger partial charge in [0.15, 0.2) is 11.5 Å². The fraction of sp³-hybridized carbons (Fsp3) is 0.385. The van der Waals surface area contributed by atoms with Crippen molar-refractivity contribution >= 4 is 11.8 Å². The van der Waals surface area contributed by atoms with E-state index in [4.69, 9.17) is 28.4 Å². The average molecular weight is 469 g/mol. The van der Waals surface area contributed by atoms with E-state index >= 15 is 0 Å². The molecule has 1 saturated carbocycles. The van der Waals surface area contributed by atoms with Crippen LogP contribution in [0.4, 0.5) is 0 Å². The Balaban J connectivity index is 1.43. The van der Waals surface area contributed by atoms with Gasteiger partial charge in [0, 0.05) is 6.42 Å². The molecule has 180 valence electrons. The molecule has 1 fully saturated rings. The van der Waals surface area contributed by atoms with E-state index in [2.05, 4.69) is 0 Å². The smallest absolute Gasteiger partial charge is 0.346 e. The molecule has 0 N–H and O–H groups in total. The lowest BCUT2D eigenvalue weighted by atomic mass is 9.80. The van der Waals surface area contributed by atoms with Gasteiger partial charge < -0.3 is 28.4 Å². The quantitative estimate of drug-likeness (QED) is 0.530. The number of methoxy groups -OCH3 is 2. The molecule has 0 bridgehead atoms. The number of benzene rings is 2. The molecule has 2 aromatic carbocycles. The number of carbonyl (C=O) groups is 2. The van der Waals surface area contributed by atoms with E-state index in [-0.39, 0.29) is 23.0 Å². The molecule has 0 aromatic heterocycles. The summed E-state index contributed by atoms with van der Waals surface area (Å²) in [5.41, 5.74) is 0.235. The normalized spacial score (nSPS) is 21.4. The molecular formula is C26H28O8. The molecule has 34 heavy (non-hydrogen) atoms. The lowest BCUT2D eigenvalue weighted by Crippen LogP contribution is -2.43. The van der Waals surface area contributed by atoms with Crippen LogP contribution in [0.15, 0.2) is 54.5 Å². The zero-order chi connectivity index (χ0) is 24.1. The molecule has 0 amide bonds. The van der Waals surface area contributed by atoms with Crippen LogP contribution in [0, 0.1) is 5.92 Å². The highest BCUT2D eigenvalue weighted by molar-refractivity contribution is 5.97. The van der Waals surface area contributed by atoms with Crippen molar-refractivity contribution in [2.24, 2.45) is 5.92 Å². The third-order valence-electron chi connectivity index (χ3n) is 5.95. The fourth-order valence-corrected chi connectivity index (χ4v) is 4.30. The Morgan fingerprint density at radius 2 is 1.65 bits per heavy atom. The van der Waals surface area contributed by atoms with Gasteiger partial charge in [-0.3, -0.25) is 4.79 Å². The number of ether oxygens (including phenoxy) is 6. The number of Topliss-reactive ketones (excluding diaryl/α,β-unsaturated/α-hetero) is 1. The van der Waals surface area contributed by atoms with E-state index in [9.17, 15) is 9.59 Å². The SMILES string of the molecule is CCOc1ccccc1OC1=COC2CC(OC(=O)c3c(OC)cccc3OC)CCC2C1=O. The molecular weight excluding hydrogens is 440 g/mol. The predicted octanol–water partition coefficient (Wildman–Crippen LogP) is 4.32. The maximum absolute atomic E-state index is 13.1. The van der Waals surface area contributed by atoms with Crippen LogP contribution < -0.4 is 18.9 Å². The monoisotopic (exact) mass is 468 g/mol. The van der Waals surface area contributed by atoms with Gasteiger partial charge in [0.2, 0.25) is 11.5 Å². The molecule has 3 atom stereocenters. The Morgan fingerprint density at radius 1 is 0.971 bits per heavy atom. The standard InChI is InChI=1S/C26H28O8/c1-4-31-18-8-5-6-9-19(18)34-23-15-32-22-14-16(12-13-17(22)25(23)27)33-26(28)24-20(29-2)10-7-11-21(24)30-3/h5-11,15-17,22H,4,12-14H2,1-3H3. The topological polar surface area (TPSA) is 89.5 Å². The van der Waals surface area contributed by atoms with Crippen LogP contribution in [0.5, 0.6) is 23.0 Å². The summed E-state index contributed by atoms with van der Waals surface area (Å²) in [6, 6.07) is 12.3. The van der Waals surface area contributed by atoms with Crippen molar-refractivity contribution in [3.63, 3.8) is 0 Å². The van der Waals surface area contributed by atoms with E-state index in [1.165, 1.54) is 20.5 Å². The molecule has 0 spiro atoms. The van der Waals surface area contributed by atoms with Gasteiger partial charge in [-0.1, -0.05) is 18.2 Å². The van der Waals surface area contributed by atoms with Gasteiger partial charge >= 0.3 is 5.97 Å². The summed E-state index contributed by atoms with van der Waals surface area (Å²) >= 11 is 0. The fourth-order valence-electron chi connectivity index (χ4n) is 4.30. The van der Waals surface area contributed by atoms with Crippen molar-refractivity contribution < 1.29 is 38.0 Å². The van der Waals surface area contributed by atoms with Crippen LogP contribution in [-0.4, -0.2) is 44.8 Å². The number of hydrogen-bond donors (Lipinski definition) is 0. The molecule has 8 heteroatoms. The first kappa shape index (κ1) is 23.5. The van der Waals surface area contributed by atoms with Gasteiger partial charge in [-0.05, 0) is 44.0 Å². The summed E-state index contributed by atoms with van der Waals surface area (Å²) in [5.74, 6) is 0.879. The summed E-state index contributed by atoms with van der Waals surface area (Å²) in [6.45, 7) is 2.36. The van der Waals surface area contributed by atoms with Crippen molar-refractivity contribution in [3.8, 4) is 23.0 Å². The molecule has 1 heterocycles. The summed E-state index contributed by atoms with van der Waals surface area (Å²) in [7, 11) is 2.97. The Labute approximate surface area is 198 Å². The average Bonchev–Trinajstić information content (AvgIpc) is 2.86. The number of rotatable bonds is 8. The first-order valence-corrected chi connectivity index (χ1v) is 11.3. The Kier molecular flexibility index (Phi) is 7.25. The van der Waals surface area contributed by atoms with Gasteiger partial charge in [0.25, 0.3) is 0 Å². The van der Waals surface area contributed by atoms with Crippen molar-refractivity contribution in [2.75, 3.05) is 20.8 Å². The van der Waals surface area contributed by atoms with Crippen molar-refractivity contribution in [1.82, 2.24) is 0 Å². The molecule has 3 unspecified atom stereocenters. The maximum atomic E-state index is 13.1. The second-order valence-corrected chi connectivity index (χ2v) is 7.99. The van der Waals surface area contributed by atoms with E-state index in [1.807, 2.05) is 19.1 Å². The second kappa shape index (κ2) is 10.5. The van der Waals surface area contributed by atoms with Crippen LogP contribution in [-0.2, 0) is 14.3 Å². The molecule has 4 rings (SSSR count). The first-order chi connectivity index (χ1) is 16.5. The summed E-state index contributed by atoms with van der Waals surface area (Å²) in [5, 5.41) is 0. The second-order valence-electron chi connectivity index (χ2n) is 7.99. The third-order valence-corrected chi connectivity index (χ3v) is 5.95. The number of esters is 1. The number of hydrogen-bond acceptors (Lipinski definition) is 8. The van der Waals surface area contributed by atoms with Gasteiger partial charge in [0.1, 0.15) is 35.5 Å². The highest BCUT2D eigenvalue weighted by Crippen LogP contribution is 2.37. The Morgan fingerprint density at radius 3 is 2.32 bits per heavy atom. The van der Waals surface area contributed by atoms with E-state index in [1.54, 1.807) is 30.3 Å². The number of carbonyl (C=O) groups excluding carboxylic acids is 2. The van der Waals surface area contributed by atoms with Crippen LogP contribution in [0.3, 0.4) is 0 Å². The largest absolute Gasteiger partial charge is 0.496 e. The molecule has 0 radical (unpaired) electrons. The lowest BCUT2D eigenvalue weighted by molar-refractivity contribution is -0.132. The minimum atomic E-state index is -0.535. The molecule has 1 aliphatic carbocycles. The lowest BCUT2D eigenvalue weighted by Gasteiger charge is -2.36. The molecule has 1 aliphatic heterocycles. The van der Waals surface area contributed by atoms with Gasteiger partial charge in [-0.15, -0.1) is 0 Å². The highest BCUT2D eigenvalue weighted by Gasteiger charge is 2.42. The third kappa shape index (κ3) is 4.81. The van der Waals surface area contributed by atoms with Crippen LogP contribution >= 0.6 is 0 Å². The number of ketones is 1. The van der Waals surface area contributed by atoms with Crippen molar-refractivity contribution in [3.05, 3.63) is 60.0 Å². The number of allylic oxidation sites excluding steroid dienone is 1. The Hall–Kier alpha value is -3.68. The number of para-hydroxylation sites is 2. The predicted molar refractivity (Wildman–Crippen MR) is 122 cm³/mol. The van der Waals surface area contributed by atoms with Gasteiger partial charge in [-0.25, -0.2) is 4.79 Å². The van der Waals surface area contributed by atoms with E-state index < -0.39 is 18.2 Å². The Bertz CT molecular complexity index is 1050. The zero-order valence-electron chi connectivity index (χ0n) is 19.4. The van der Waals surface area contributed by atoms with Crippen LogP contribution in [0.25, 0.3) is 0 Å². The van der Waals surface area contributed by atoms with Crippen molar-refractivity contribution in [1.29, 1.82) is 0 Å². The minimum absolute atomic E-state index is 0.126. The maximum Gasteiger partial charge on any atom is 0.346 e. The van der Waals surface area contributed by atoms with Gasteiger partial charge in [0.05, 0.1) is 26.7 Å². The summed E-state index contributed by atoms with van der Waals surface area (Å²) in [6.07, 6.45) is 2.00. The minimum Gasteiger partial charge on any atom is -0.496 e. The zero-order valence-corrected chi connectivity index (χ0v) is 19.4. The van der Waals surface area contributed by atoms with Crippen LogP contribution in [0.1, 0.15) is 36.5 Å². The molecule has 0 saturated heterocycles.